The van der Waals surface area contributed by atoms with Gasteiger partial charge in [0.2, 0.25) is 5.95 Å². The van der Waals surface area contributed by atoms with Crippen LogP contribution in [0.4, 0.5) is 4.39 Å². The van der Waals surface area contributed by atoms with Crippen molar-refractivity contribution in [2.24, 2.45) is 13.0 Å². The molecule has 3 aliphatic rings. The third-order valence-electron chi connectivity index (χ3n) is 5.35. The van der Waals surface area contributed by atoms with Crippen molar-refractivity contribution in [1.29, 1.82) is 0 Å². The van der Waals surface area contributed by atoms with E-state index in [0.29, 0.717) is 17.2 Å². The molecule has 5 nitrogen and oxygen atoms in total. The van der Waals surface area contributed by atoms with Crippen LogP contribution in [0.3, 0.4) is 0 Å². The molecule has 2 bridgehead atoms. The molecule has 3 fully saturated rings. The first-order valence-electron chi connectivity index (χ1n) is 8.42. The summed E-state index contributed by atoms with van der Waals surface area (Å²) in [6.07, 6.45) is 3.77. The second-order valence-corrected chi connectivity index (χ2v) is 6.75. The number of fused-ring (bicyclic) bond motifs is 3. The number of hydrogen-bond acceptors (Lipinski definition) is 3. The fourth-order valence-corrected chi connectivity index (χ4v) is 3.96. The second kappa shape index (κ2) is 6.02. The fraction of sp³-hybridized carbons (Fsp3) is 0.444. The molecule has 6 heteroatoms. The third-order valence-corrected chi connectivity index (χ3v) is 5.35. The van der Waals surface area contributed by atoms with Crippen molar-refractivity contribution in [3.63, 3.8) is 0 Å². The van der Waals surface area contributed by atoms with Gasteiger partial charge in [0.25, 0.3) is 5.91 Å². The van der Waals surface area contributed by atoms with E-state index in [1.165, 1.54) is 25.1 Å². The van der Waals surface area contributed by atoms with E-state index in [4.69, 9.17) is 0 Å². The van der Waals surface area contributed by atoms with Gasteiger partial charge < -0.3 is 14.8 Å². The highest BCUT2D eigenvalue weighted by atomic mass is 19.1. The lowest BCUT2D eigenvalue weighted by atomic mass is 9.84. The molecular weight excluding hydrogens is 307 g/mol. The van der Waals surface area contributed by atoms with Crippen LogP contribution in [0.2, 0.25) is 0 Å². The van der Waals surface area contributed by atoms with Gasteiger partial charge in [0, 0.05) is 43.2 Å². The maximum absolute atomic E-state index is 13.3. The Kier molecular flexibility index (Phi) is 3.84. The van der Waals surface area contributed by atoms with Crippen molar-refractivity contribution in [1.82, 2.24) is 19.8 Å². The summed E-state index contributed by atoms with van der Waals surface area (Å²) in [6.45, 7) is 3.25. The molecule has 5 heterocycles. The lowest BCUT2D eigenvalue weighted by Crippen LogP contribution is -2.57. The van der Waals surface area contributed by atoms with Crippen LogP contribution in [0.5, 0.6) is 0 Å². The fourth-order valence-electron chi connectivity index (χ4n) is 3.96. The Morgan fingerprint density at radius 1 is 1.29 bits per heavy atom. The number of hydrogen-bond donors (Lipinski definition) is 1. The largest absolute Gasteiger partial charge is 0.346 e. The number of rotatable bonds is 3. The molecule has 1 N–H and O–H groups in total. The van der Waals surface area contributed by atoms with Crippen LogP contribution < -0.4 is 5.32 Å². The van der Waals surface area contributed by atoms with Crippen LogP contribution in [0, 0.1) is 11.9 Å². The lowest BCUT2D eigenvalue weighted by Gasteiger charge is -2.44. The molecular formula is C18H21FN4O. The topological polar surface area (TPSA) is 50.2 Å². The second-order valence-electron chi connectivity index (χ2n) is 6.75. The van der Waals surface area contributed by atoms with Crippen LogP contribution in [0.15, 0.2) is 30.5 Å². The van der Waals surface area contributed by atoms with Crippen LogP contribution in [0.1, 0.15) is 23.3 Å². The SMILES string of the molecule is Cn1c(C(=O)N[C@H]2CN3CCC2CC3)ccc1-c1ccnc(F)c1. The summed E-state index contributed by atoms with van der Waals surface area (Å²) < 4.78 is 15.2. The molecule has 5 rings (SSSR count). The van der Waals surface area contributed by atoms with Gasteiger partial charge in [0.1, 0.15) is 5.69 Å². The molecule has 0 spiro atoms. The highest BCUT2D eigenvalue weighted by Gasteiger charge is 2.35. The van der Waals surface area contributed by atoms with Crippen molar-refractivity contribution >= 4 is 5.91 Å². The van der Waals surface area contributed by atoms with Gasteiger partial charge >= 0.3 is 0 Å². The van der Waals surface area contributed by atoms with E-state index in [9.17, 15) is 9.18 Å². The zero-order valence-electron chi connectivity index (χ0n) is 13.7. The smallest absolute Gasteiger partial charge is 0.268 e. The highest BCUT2D eigenvalue weighted by Crippen LogP contribution is 2.28. The summed E-state index contributed by atoms with van der Waals surface area (Å²) in [4.78, 5) is 18.7. The number of nitrogens with zero attached hydrogens (tertiary/aromatic N) is 3. The highest BCUT2D eigenvalue weighted by molar-refractivity contribution is 5.94. The number of amides is 1. The molecule has 2 aromatic heterocycles. The molecule has 3 aliphatic heterocycles. The number of halogens is 1. The van der Waals surface area contributed by atoms with Crippen LogP contribution in [-0.4, -0.2) is 46.0 Å². The van der Waals surface area contributed by atoms with Crippen molar-refractivity contribution in [2.45, 2.75) is 18.9 Å². The van der Waals surface area contributed by atoms with Crippen molar-refractivity contribution in [3.05, 3.63) is 42.1 Å². The van der Waals surface area contributed by atoms with Gasteiger partial charge in [-0.25, -0.2) is 4.98 Å². The first kappa shape index (κ1) is 15.3. The molecule has 126 valence electrons. The van der Waals surface area contributed by atoms with Gasteiger partial charge in [-0.3, -0.25) is 4.79 Å². The Bertz CT molecular complexity index is 764. The van der Waals surface area contributed by atoms with Crippen LogP contribution in [-0.2, 0) is 7.05 Å². The van der Waals surface area contributed by atoms with Gasteiger partial charge in [0.05, 0.1) is 0 Å². The monoisotopic (exact) mass is 328 g/mol. The number of pyridine rings is 1. The van der Waals surface area contributed by atoms with Gasteiger partial charge in [-0.1, -0.05) is 0 Å². The summed E-state index contributed by atoms with van der Waals surface area (Å²) in [6, 6.07) is 7.00. The predicted octanol–water partition coefficient (Wildman–Crippen LogP) is 2.05. The molecule has 0 radical (unpaired) electrons. The number of carbonyl (C=O) groups excluding carboxylic acids is 1. The average molecular weight is 328 g/mol. The number of piperidine rings is 3. The van der Waals surface area contributed by atoms with E-state index in [0.717, 1.165) is 25.3 Å². The Morgan fingerprint density at radius 3 is 2.75 bits per heavy atom. The normalized spacial score (nSPS) is 25.7. The van der Waals surface area contributed by atoms with Gasteiger partial charge in [-0.2, -0.15) is 4.39 Å². The van der Waals surface area contributed by atoms with Crippen molar-refractivity contribution in [3.8, 4) is 11.3 Å². The zero-order valence-corrected chi connectivity index (χ0v) is 13.7. The zero-order chi connectivity index (χ0) is 16.7. The Hall–Kier alpha value is -2.21. The maximum atomic E-state index is 13.3. The number of aromatic nitrogens is 2. The van der Waals surface area contributed by atoms with E-state index in [1.54, 1.807) is 12.1 Å². The summed E-state index contributed by atoms with van der Waals surface area (Å²) in [5.41, 5.74) is 2.11. The van der Waals surface area contributed by atoms with E-state index in [1.807, 2.05) is 17.7 Å². The van der Waals surface area contributed by atoms with Crippen LogP contribution >= 0.6 is 0 Å². The summed E-state index contributed by atoms with van der Waals surface area (Å²) in [7, 11) is 1.83. The molecule has 0 saturated carbocycles. The Labute approximate surface area is 140 Å². The molecule has 0 aliphatic carbocycles. The van der Waals surface area contributed by atoms with Gasteiger partial charge in [0.15, 0.2) is 0 Å². The number of nitrogens with one attached hydrogen (secondary N) is 1. The molecule has 1 atom stereocenters. The summed E-state index contributed by atoms with van der Waals surface area (Å²) >= 11 is 0. The Balaban J connectivity index is 1.53. The van der Waals surface area contributed by atoms with Gasteiger partial charge in [-0.15, -0.1) is 0 Å². The molecule has 2 aromatic rings. The number of carbonyl (C=O) groups is 1. The first-order valence-corrected chi connectivity index (χ1v) is 8.42. The summed E-state index contributed by atoms with van der Waals surface area (Å²) in [5, 5.41) is 3.20. The Morgan fingerprint density at radius 2 is 2.08 bits per heavy atom. The van der Waals surface area contributed by atoms with E-state index < -0.39 is 5.95 Å². The maximum Gasteiger partial charge on any atom is 0.268 e. The molecule has 0 aromatic carbocycles. The van der Waals surface area contributed by atoms with Crippen LogP contribution in [0.25, 0.3) is 11.3 Å². The quantitative estimate of drug-likeness (QED) is 0.878. The minimum Gasteiger partial charge on any atom is -0.346 e. The molecule has 0 unspecified atom stereocenters. The minimum atomic E-state index is -0.521. The third kappa shape index (κ3) is 2.71. The molecule has 24 heavy (non-hydrogen) atoms. The van der Waals surface area contributed by atoms with E-state index >= 15 is 0 Å². The minimum absolute atomic E-state index is 0.0583. The first-order chi connectivity index (χ1) is 11.6. The van der Waals surface area contributed by atoms with E-state index in [-0.39, 0.29) is 11.9 Å². The van der Waals surface area contributed by atoms with Gasteiger partial charge in [-0.05, 0) is 50.0 Å². The van der Waals surface area contributed by atoms with Crippen molar-refractivity contribution in [2.75, 3.05) is 19.6 Å². The van der Waals surface area contributed by atoms with Crippen molar-refractivity contribution < 1.29 is 9.18 Å². The lowest BCUT2D eigenvalue weighted by molar-refractivity contribution is 0.0616. The molecule has 1 amide bonds. The predicted molar refractivity (Wildman–Crippen MR) is 89.0 cm³/mol. The average Bonchev–Trinajstić information content (AvgIpc) is 2.97. The summed E-state index contributed by atoms with van der Waals surface area (Å²) in [5.74, 6) is 0.0111. The standard InChI is InChI=1S/C18H21FN4O/c1-22-15(13-4-7-20-17(19)10-13)2-3-16(22)18(24)21-14-11-23-8-5-12(14)6-9-23/h2-4,7,10,12,14H,5-6,8-9,11H2,1H3,(H,21,24)/t14-/m0/s1. The molecule has 3 saturated heterocycles. The van der Waals surface area contributed by atoms with E-state index in [2.05, 4.69) is 15.2 Å².